The van der Waals surface area contributed by atoms with E-state index in [0.717, 1.165) is 0 Å². The third-order valence-electron chi connectivity index (χ3n) is 2.20. The molecular weight excluding hydrogens is 290 g/mol. The monoisotopic (exact) mass is 301 g/mol. The molecule has 1 aromatic carbocycles. The lowest BCUT2D eigenvalue weighted by molar-refractivity contribution is -0.384. The van der Waals surface area contributed by atoms with Gasteiger partial charge in [-0.25, -0.2) is 0 Å². The Morgan fingerprint density at radius 3 is 2.76 bits per heavy atom. The number of anilines is 1. The molecule has 1 rings (SSSR count). The maximum absolute atomic E-state index is 11.5. The van der Waals surface area contributed by atoms with Crippen LogP contribution in [0.15, 0.2) is 22.7 Å². The zero-order valence-electron chi connectivity index (χ0n) is 9.14. The van der Waals surface area contributed by atoms with Crippen molar-refractivity contribution in [3.8, 4) is 0 Å². The summed E-state index contributed by atoms with van der Waals surface area (Å²) >= 11 is 3.15. The minimum absolute atomic E-state index is 0.0466. The molecule has 0 heterocycles. The van der Waals surface area contributed by atoms with Crippen molar-refractivity contribution in [2.45, 2.75) is 19.4 Å². The van der Waals surface area contributed by atoms with Crippen LogP contribution in [0.4, 0.5) is 11.4 Å². The fourth-order valence-electron chi connectivity index (χ4n) is 1.13. The van der Waals surface area contributed by atoms with Crippen molar-refractivity contribution in [3.63, 3.8) is 0 Å². The Morgan fingerprint density at radius 2 is 2.29 bits per heavy atom. The smallest absolute Gasteiger partial charge is 0.270 e. The molecule has 0 saturated heterocycles. The van der Waals surface area contributed by atoms with Gasteiger partial charge in [0.2, 0.25) is 5.91 Å². The lowest BCUT2D eigenvalue weighted by Gasteiger charge is -2.11. The molecule has 1 aromatic rings. The van der Waals surface area contributed by atoms with Crippen molar-refractivity contribution in [3.05, 3.63) is 32.8 Å². The van der Waals surface area contributed by atoms with E-state index in [-0.39, 0.29) is 11.6 Å². The summed E-state index contributed by atoms with van der Waals surface area (Å²) in [5.41, 5.74) is 5.97. The van der Waals surface area contributed by atoms with Crippen LogP contribution in [0.1, 0.15) is 13.3 Å². The summed E-state index contributed by atoms with van der Waals surface area (Å²) in [4.78, 5) is 21.5. The summed E-state index contributed by atoms with van der Waals surface area (Å²) < 4.78 is 0.448. The van der Waals surface area contributed by atoms with Crippen LogP contribution < -0.4 is 11.1 Å². The van der Waals surface area contributed by atoms with Gasteiger partial charge in [-0.3, -0.25) is 14.9 Å². The number of nitro benzene ring substituents is 1. The second-order valence-electron chi connectivity index (χ2n) is 3.43. The van der Waals surface area contributed by atoms with Gasteiger partial charge >= 0.3 is 0 Å². The predicted octanol–water partition coefficient (Wildman–Crippen LogP) is 2.03. The molecule has 0 aliphatic rings. The Kier molecular flexibility index (Phi) is 4.59. The lowest BCUT2D eigenvalue weighted by atomic mass is 10.2. The standard InChI is InChI=1S/C10H12BrN3O3/c1-2-8(12)10(15)13-9-4-3-6(14(16)17)5-7(9)11/h3-5,8H,2,12H2,1H3,(H,13,15)/t8-/m1/s1. The Labute approximate surface area is 106 Å². The molecule has 0 radical (unpaired) electrons. The highest BCUT2D eigenvalue weighted by atomic mass is 79.9. The Hall–Kier alpha value is -1.47. The van der Waals surface area contributed by atoms with Crippen molar-refractivity contribution in [1.82, 2.24) is 0 Å². The maximum atomic E-state index is 11.5. The number of nitrogens with zero attached hydrogens (tertiary/aromatic N) is 1. The first kappa shape index (κ1) is 13.6. The van der Waals surface area contributed by atoms with Crippen LogP contribution in [0.25, 0.3) is 0 Å². The van der Waals surface area contributed by atoms with E-state index < -0.39 is 11.0 Å². The number of nitro groups is 1. The molecule has 7 heteroatoms. The highest BCUT2D eigenvalue weighted by Gasteiger charge is 2.14. The van der Waals surface area contributed by atoms with Crippen LogP contribution in [-0.4, -0.2) is 16.9 Å². The van der Waals surface area contributed by atoms with Crippen molar-refractivity contribution in [1.29, 1.82) is 0 Å². The molecule has 3 N–H and O–H groups in total. The molecule has 0 aliphatic heterocycles. The van der Waals surface area contributed by atoms with E-state index >= 15 is 0 Å². The van der Waals surface area contributed by atoms with Gasteiger partial charge in [-0.05, 0) is 28.4 Å². The normalized spacial score (nSPS) is 11.9. The lowest BCUT2D eigenvalue weighted by Crippen LogP contribution is -2.34. The van der Waals surface area contributed by atoms with E-state index in [1.807, 2.05) is 0 Å². The van der Waals surface area contributed by atoms with Crippen LogP contribution in [0.2, 0.25) is 0 Å². The van der Waals surface area contributed by atoms with Crippen molar-refractivity contribution in [2.24, 2.45) is 5.73 Å². The van der Waals surface area contributed by atoms with Gasteiger partial charge < -0.3 is 11.1 Å². The van der Waals surface area contributed by atoms with Gasteiger partial charge in [-0.1, -0.05) is 6.92 Å². The quantitative estimate of drug-likeness (QED) is 0.656. The zero-order chi connectivity index (χ0) is 13.0. The minimum Gasteiger partial charge on any atom is -0.324 e. The molecule has 0 aromatic heterocycles. The van der Waals surface area contributed by atoms with E-state index in [0.29, 0.717) is 16.6 Å². The maximum Gasteiger partial charge on any atom is 0.270 e. The molecule has 0 fully saturated rings. The number of hydrogen-bond acceptors (Lipinski definition) is 4. The number of non-ortho nitro benzene ring substituents is 1. The number of carbonyl (C=O) groups excluding carboxylic acids is 1. The topological polar surface area (TPSA) is 98.3 Å². The highest BCUT2D eigenvalue weighted by molar-refractivity contribution is 9.10. The fourth-order valence-corrected chi connectivity index (χ4v) is 1.60. The molecule has 0 saturated carbocycles. The number of nitrogens with one attached hydrogen (secondary N) is 1. The highest BCUT2D eigenvalue weighted by Crippen LogP contribution is 2.27. The third-order valence-corrected chi connectivity index (χ3v) is 2.85. The predicted molar refractivity (Wildman–Crippen MR) is 67.7 cm³/mol. The number of nitrogens with two attached hydrogens (primary N) is 1. The van der Waals surface area contributed by atoms with Crippen LogP contribution >= 0.6 is 15.9 Å². The second-order valence-corrected chi connectivity index (χ2v) is 4.28. The van der Waals surface area contributed by atoms with Crippen LogP contribution in [-0.2, 0) is 4.79 Å². The van der Waals surface area contributed by atoms with Crippen LogP contribution in [0.5, 0.6) is 0 Å². The van der Waals surface area contributed by atoms with Gasteiger partial charge in [0, 0.05) is 16.6 Å². The van der Waals surface area contributed by atoms with Gasteiger partial charge in [-0.15, -0.1) is 0 Å². The van der Waals surface area contributed by atoms with Gasteiger partial charge in [-0.2, -0.15) is 0 Å². The molecule has 92 valence electrons. The summed E-state index contributed by atoms with van der Waals surface area (Å²) in [6, 6.07) is 3.52. The largest absolute Gasteiger partial charge is 0.324 e. The van der Waals surface area contributed by atoms with Gasteiger partial charge in [0.15, 0.2) is 0 Å². The number of carbonyl (C=O) groups is 1. The summed E-state index contributed by atoms with van der Waals surface area (Å²) in [6.45, 7) is 1.80. The summed E-state index contributed by atoms with van der Waals surface area (Å²) in [6.07, 6.45) is 0.524. The summed E-state index contributed by atoms with van der Waals surface area (Å²) in [5, 5.41) is 13.1. The molecule has 6 nitrogen and oxygen atoms in total. The first-order chi connectivity index (χ1) is 7.95. The summed E-state index contributed by atoms with van der Waals surface area (Å²) in [7, 11) is 0. The van der Waals surface area contributed by atoms with Gasteiger partial charge in [0.1, 0.15) is 0 Å². The van der Waals surface area contributed by atoms with Crippen LogP contribution in [0, 0.1) is 10.1 Å². The Balaban J connectivity index is 2.86. The second kappa shape index (κ2) is 5.74. The van der Waals surface area contributed by atoms with Crippen molar-refractivity contribution >= 4 is 33.2 Å². The first-order valence-corrected chi connectivity index (χ1v) is 5.75. The first-order valence-electron chi connectivity index (χ1n) is 4.96. The van der Waals surface area contributed by atoms with Gasteiger partial charge in [0.05, 0.1) is 16.7 Å². The number of rotatable bonds is 4. The summed E-state index contributed by atoms with van der Waals surface area (Å²) in [5.74, 6) is -0.318. The Morgan fingerprint density at radius 1 is 1.65 bits per heavy atom. The van der Waals surface area contributed by atoms with Gasteiger partial charge in [0.25, 0.3) is 5.69 Å². The van der Waals surface area contributed by atoms with E-state index in [1.165, 1.54) is 18.2 Å². The molecule has 0 aliphatic carbocycles. The van der Waals surface area contributed by atoms with E-state index in [1.54, 1.807) is 6.92 Å². The fraction of sp³-hybridized carbons (Fsp3) is 0.300. The zero-order valence-corrected chi connectivity index (χ0v) is 10.7. The molecule has 1 amide bonds. The average molecular weight is 302 g/mol. The molecule has 0 unspecified atom stereocenters. The van der Waals surface area contributed by atoms with Crippen molar-refractivity contribution in [2.75, 3.05) is 5.32 Å². The molecule has 1 atom stereocenters. The van der Waals surface area contributed by atoms with E-state index in [2.05, 4.69) is 21.2 Å². The molecule has 17 heavy (non-hydrogen) atoms. The average Bonchev–Trinajstić information content (AvgIpc) is 2.30. The minimum atomic E-state index is -0.586. The molecule has 0 bridgehead atoms. The van der Waals surface area contributed by atoms with E-state index in [9.17, 15) is 14.9 Å². The number of hydrogen-bond donors (Lipinski definition) is 2. The number of benzene rings is 1. The van der Waals surface area contributed by atoms with Crippen LogP contribution in [0.3, 0.4) is 0 Å². The molecular formula is C10H12BrN3O3. The van der Waals surface area contributed by atoms with E-state index in [4.69, 9.17) is 5.73 Å². The van der Waals surface area contributed by atoms with Crippen molar-refractivity contribution < 1.29 is 9.72 Å². The number of amides is 1. The Bertz CT molecular complexity index is 450. The molecule has 0 spiro atoms. The SMILES string of the molecule is CC[C@@H](N)C(=O)Nc1ccc([N+](=O)[O-])cc1Br. The third kappa shape index (κ3) is 3.50. The number of halogens is 1.